The van der Waals surface area contributed by atoms with Crippen molar-refractivity contribution >= 4 is 11.6 Å². The molecule has 5 heteroatoms. The van der Waals surface area contributed by atoms with Crippen LogP contribution in [0.15, 0.2) is 65.1 Å². The van der Waals surface area contributed by atoms with Crippen LogP contribution in [0.1, 0.15) is 33.6 Å². The molecule has 1 aromatic heterocycles. The number of hydrogen-bond donors (Lipinski definition) is 1. The number of nitrogens with zero attached hydrogens (tertiary/aromatic N) is 1. The van der Waals surface area contributed by atoms with Crippen LogP contribution in [0, 0.1) is 6.92 Å². The third-order valence-corrected chi connectivity index (χ3v) is 4.85. The fourth-order valence-corrected chi connectivity index (χ4v) is 3.39. The van der Waals surface area contributed by atoms with E-state index in [1.807, 2.05) is 72.5 Å². The minimum Gasteiger partial charge on any atom is -0.497 e. The standard InChI is InChI=1S/C22H22N2O3/c1-15-7-12-20(27-15)21-23-19-6-4-3-5-18(19)22(25)24(21)14-13-16-8-10-17(26-2)11-9-16/h3-12,21,23H,13-14H2,1-2H3/t21-/m0/s1. The first-order valence-corrected chi connectivity index (χ1v) is 9.01. The second kappa shape index (κ2) is 7.19. The summed E-state index contributed by atoms with van der Waals surface area (Å²) in [4.78, 5) is 15.0. The molecular weight excluding hydrogens is 340 g/mol. The van der Waals surface area contributed by atoms with Gasteiger partial charge in [0.1, 0.15) is 17.3 Å². The number of hydrogen-bond acceptors (Lipinski definition) is 4. The zero-order valence-corrected chi connectivity index (χ0v) is 15.4. The van der Waals surface area contributed by atoms with Gasteiger partial charge in [-0.15, -0.1) is 0 Å². The third-order valence-electron chi connectivity index (χ3n) is 4.85. The van der Waals surface area contributed by atoms with Gasteiger partial charge >= 0.3 is 0 Å². The highest BCUT2D eigenvalue weighted by atomic mass is 16.5. The molecule has 1 amide bonds. The number of para-hydroxylation sites is 1. The molecule has 0 radical (unpaired) electrons. The molecule has 0 unspecified atom stereocenters. The van der Waals surface area contributed by atoms with Crippen molar-refractivity contribution in [2.75, 3.05) is 19.0 Å². The van der Waals surface area contributed by atoms with Gasteiger partial charge in [0.05, 0.1) is 12.7 Å². The Labute approximate surface area is 158 Å². The number of amides is 1. The van der Waals surface area contributed by atoms with Gasteiger partial charge in [-0.05, 0) is 55.3 Å². The molecule has 1 aliphatic heterocycles. The quantitative estimate of drug-likeness (QED) is 0.731. The number of methoxy groups -OCH3 is 1. The largest absolute Gasteiger partial charge is 0.497 e. The van der Waals surface area contributed by atoms with Crippen LogP contribution >= 0.6 is 0 Å². The predicted molar refractivity (Wildman–Crippen MR) is 104 cm³/mol. The molecule has 0 spiro atoms. The molecular formula is C22H22N2O3. The van der Waals surface area contributed by atoms with E-state index in [2.05, 4.69) is 5.32 Å². The maximum absolute atomic E-state index is 13.2. The molecule has 0 saturated carbocycles. The van der Waals surface area contributed by atoms with Crippen molar-refractivity contribution in [2.24, 2.45) is 0 Å². The average Bonchev–Trinajstić information content (AvgIpc) is 3.14. The Balaban J connectivity index is 1.61. The van der Waals surface area contributed by atoms with Crippen molar-refractivity contribution in [1.29, 1.82) is 0 Å². The molecule has 0 aliphatic carbocycles. The Morgan fingerprint density at radius 3 is 2.56 bits per heavy atom. The highest BCUT2D eigenvalue weighted by molar-refractivity contribution is 6.01. The van der Waals surface area contributed by atoms with Crippen LogP contribution in [0.4, 0.5) is 5.69 Å². The smallest absolute Gasteiger partial charge is 0.257 e. The lowest BCUT2D eigenvalue weighted by atomic mass is 10.0. The number of furan rings is 1. The first-order valence-electron chi connectivity index (χ1n) is 9.01. The minimum absolute atomic E-state index is 0.0110. The van der Waals surface area contributed by atoms with E-state index in [0.717, 1.165) is 34.9 Å². The van der Waals surface area contributed by atoms with Crippen LogP contribution in [0.5, 0.6) is 5.75 Å². The van der Waals surface area contributed by atoms with Gasteiger partial charge in [0.25, 0.3) is 5.91 Å². The van der Waals surface area contributed by atoms with Crippen molar-refractivity contribution in [1.82, 2.24) is 4.90 Å². The van der Waals surface area contributed by atoms with Gasteiger partial charge in [-0.1, -0.05) is 24.3 Å². The van der Waals surface area contributed by atoms with Gasteiger partial charge in [0, 0.05) is 12.2 Å². The summed E-state index contributed by atoms with van der Waals surface area (Å²) in [6.45, 7) is 2.49. The van der Waals surface area contributed by atoms with Gasteiger partial charge in [0.2, 0.25) is 0 Å². The Hall–Kier alpha value is -3.21. The van der Waals surface area contributed by atoms with Crippen LogP contribution in [-0.4, -0.2) is 24.5 Å². The zero-order valence-electron chi connectivity index (χ0n) is 15.4. The molecule has 1 atom stereocenters. The van der Waals surface area contributed by atoms with Crippen molar-refractivity contribution in [3.8, 4) is 5.75 Å². The first kappa shape index (κ1) is 17.2. The molecule has 138 valence electrons. The monoisotopic (exact) mass is 362 g/mol. The number of benzene rings is 2. The number of aryl methyl sites for hydroxylation is 1. The summed E-state index contributed by atoms with van der Waals surface area (Å²) in [5, 5.41) is 3.45. The lowest BCUT2D eigenvalue weighted by Gasteiger charge is -2.36. The molecule has 4 rings (SSSR count). The number of carbonyl (C=O) groups is 1. The first-order chi connectivity index (χ1) is 13.2. The molecule has 2 aromatic carbocycles. The summed E-state index contributed by atoms with van der Waals surface area (Å²) < 4.78 is 11.0. The van der Waals surface area contributed by atoms with E-state index in [0.29, 0.717) is 12.1 Å². The second-order valence-corrected chi connectivity index (χ2v) is 6.64. The third kappa shape index (κ3) is 3.40. The fraction of sp³-hybridized carbons (Fsp3) is 0.227. The predicted octanol–water partition coefficient (Wildman–Crippen LogP) is 4.41. The molecule has 2 heterocycles. The summed E-state index contributed by atoms with van der Waals surface area (Å²) >= 11 is 0. The van der Waals surface area contributed by atoms with Crippen LogP contribution in [0.2, 0.25) is 0 Å². The van der Waals surface area contributed by atoms with Crippen LogP contribution in [-0.2, 0) is 6.42 Å². The minimum atomic E-state index is -0.320. The number of fused-ring (bicyclic) bond motifs is 1. The van der Waals surface area contributed by atoms with E-state index < -0.39 is 0 Å². The Kier molecular flexibility index (Phi) is 4.59. The van der Waals surface area contributed by atoms with Gasteiger partial charge in [0.15, 0.2) is 6.17 Å². The number of anilines is 1. The molecule has 3 aromatic rings. The summed E-state index contributed by atoms with van der Waals surface area (Å²) in [6, 6.07) is 19.4. The number of rotatable bonds is 5. The summed E-state index contributed by atoms with van der Waals surface area (Å²) in [5.41, 5.74) is 2.67. The molecule has 1 aliphatic rings. The molecule has 0 fully saturated rings. The summed E-state index contributed by atoms with van der Waals surface area (Å²) in [7, 11) is 1.65. The second-order valence-electron chi connectivity index (χ2n) is 6.64. The summed E-state index contributed by atoms with van der Waals surface area (Å²) in [6.07, 6.45) is 0.426. The van der Waals surface area contributed by atoms with Crippen molar-refractivity contribution in [3.63, 3.8) is 0 Å². The van der Waals surface area contributed by atoms with Gasteiger partial charge in [-0.2, -0.15) is 0 Å². The highest BCUT2D eigenvalue weighted by Gasteiger charge is 2.34. The topological polar surface area (TPSA) is 54.7 Å². The maximum Gasteiger partial charge on any atom is 0.257 e. The fourth-order valence-electron chi connectivity index (χ4n) is 3.39. The van der Waals surface area contributed by atoms with E-state index in [9.17, 15) is 4.79 Å². The number of ether oxygens (including phenoxy) is 1. The van der Waals surface area contributed by atoms with E-state index in [1.54, 1.807) is 7.11 Å². The Morgan fingerprint density at radius 1 is 1.07 bits per heavy atom. The SMILES string of the molecule is COc1ccc(CCN2C(=O)c3ccccc3N[C@@H]2c2ccc(C)o2)cc1. The Bertz CT molecular complexity index is 946. The Morgan fingerprint density at radius 2 is 1.85 bits per heavy atom. The maximum atomic E-state index is 13.2. The van der Waals surface area contributed by atoms with Gasteiger partial charge in [-0.3, -0.25) is 4.79 Å². The molecule has 1 N–H and O–H groups in total. The van der Waals surface area contributed by atoms with Gasteiger partial charge in [-0.25, -0.2) is 0 Å². The van der Waals surface area contributed by atoms with E-state index >= 15 is 0 Å². The number of nitrogens with one attached hydrogen (secondary N) is 1. The van der Waals surface area contributed by atoms with Crippen LogP contribution in [0.25, 0.3) is 0 Å². The number of carbonyl (C=O) groups excluding carboxylic acids is 1. The van der Waals surface area contributed by atoms with E-state index in [4.69, 9.17) is 9.15 Å². The van der Waals surface area contributed by atoms with Crippen molar-refractivity contribution in [3.05, 3.63) is 83.3 Å². The van der Waals surface area contributed by atoms with Crippen molar-refractivity contribution in [2.45, 2.75) is 19.5 Å². The lowest BCUT2D eigenvalue weighted by Crippen LogP contribution is -2.43. The summed E-state index contributed by atoms with van der Waals surface area (Å²) in [5.74, 6) is 2.41. The highest BCUT2D eigenvalue weighted by Crippen LogP contribution is 2.33. The van der Waals surface area contributed by atoms with E-state index in [-0.39, 0.29) is 12.1 Å². The molecule has 5 nitrogen and oxygen atoms in total. The normalized spacial score (nSPS) is 16.0. The van der Waals surface area contributed by atoms with E-state index in [1.165, 1.54) is 0 Å². The molecule has 0 bridgehead atoms. The average molecular weight is 362 g/mol. The van der Waals surface area contributed by atoms with Crippen LogP contribution in [0.3, 0.4) is 0 Å². The molecule has 27 heavy (non-hydrogen) atoms. The van der Waals surface area contributed by atoms with Crippen molar-refractivity contribution < 1.29 is 13.9 Å². The van der Waals surface area contributed by atoms with Crippen LogP contribution < -0.4 is 10.1 Å². The zero-order chi connectivity index (χ0) is 18.8. The van der Waals surface area contributed by atoms with Gasteiger partial charge < -0.3 is 19.4 Å². The molecule has 0 saturated heterocycles. The lowest BCUT2D eigenvalue weighted by molar-refractivity contribution is 0.0665.